The highest BCUT2D eigenvalue weighted by molar-refractivity contribution is 7.92. The lowest BCUT2D eigenvalue weighted by Crippen LogP contribution is -2.48. The second kappa shape index (κ2) is 7.00. The Morgan fingerprint density at radius 2 is 1.86 bits per heavy atom. The average molecular weight is 417 g/mol. The Kier molecular flexibility index (Phi) is 4.64. The summed E-state index contributed by atoms with van der Waals surface area (Å²) < 4.78 is 31.4. The number of rotatable bonds is 3. The number of hydrogen-bond acceptors (Lipinski definition) is 4. The van der Waals surface area contributed by atoms with Gasteiger partial charge in [0.15, 0.2) is 6.10 Å². The Bertz CT molecular complexity index is 1180. The number of carbonyl (C=O) groups is 1. The van der Waals surface area contributed by atoms with Crippen molar-refractivity contribution >= 4 is 49.7 Å². The zero-order chi connectivity index (χ0) is 19.9. The van der Waals surface area contributed by atoms with E-state index in [0.29, 0.717) is 22.1 Å². The summed E-state index contributed by atoms with van der Waals surface area (Å²) in [6.07, 6.45) is 0.0938. The first-order valence-electron chi connectivity index (χ1n) is 8.55. The zero-order valence-corrected chi connectivity index (χ0v) is 16.5. The number of nitrogens with zero attached hydrogens (tertiary/aromatic N) is 1. The number of fused-ring (bicyclic) bond motifs is 2. The molecule has 3 aromatic carbocycles. The lowest BCUT2D eigenvalue weighted by atomic mass is 10.1. The molecule has 1 heterocycles. The van der Waals surface area contributed by atoms with Crippen LogP contribution in [0.3, 0.4) is 0 Å². The maximum atomic E-state index is 12.8. The van der Waals surface area contributed by atoms with Crippen LogP contribution in [0.15, 0.2) is 60.7 Å². The fourth-order valence-electron chi connectivity index (χ4n) is 3.16. The van der Waals surface area contributed by atoms with Crippen molar-refractivity contribution in [2.24, 2.45) is 0 Å². The minimum Gasteiger partial charge on any atom is -0.476 e. The third-order valence-corrected chi connectivity index (χ3v) is 5.88. The van der Waals surface area contributed by atoms with Crippen LogP contribution in [0.1, 0.15) is 0 Å². The van der Waals surface area contributed by atoms with E-state index < -0.39 is 22.0 Å². The molecule has 0 spiro atoms. The SMILES string of the molecule is CS(=O)(=O)N1CC(C(=O)Nc2ccc3ccccc3c2)Oc2ccc(Cl)cc21. The number of benzene rings is 3. The smallest absolute Gasteiger partial charge is 0.267 e. The number of sulfonamides is 1. The molecule has 1 aliphatic heterocycles. The lowest BCUT2D eigenvalue weighted by Gasteiger charge is -2.34. The van der Waals surface area contributed by atoms with Crippen LogP contribution >= 0.6 is 11.6 Å². The van der Waals surface area contributed by atoms with E-state index in [2.05, 4.69) is 5.32 Å². The molecule has 0 saturated heterocycles. The molecule has 4 rings (SSSR count). The largest absolute Gasteiger partial charge is 0.476 e. The molecule has 6 nitrogen and oxygen atoms in total. The molecule has 0 bridgehead atoms. The molecule has 0 saturated carbocycles. The van der Waals surface area contributed by atoms with E-state index >= 15 is 0 Å². The van der Waals surface area contributed by atoms with E-state index in [-0.39, 0.29) is 6.54 Å². The summed E-state index contributed by atoms with van der Waals surface area (Å²) in [4.78, 5) is 12.8. The van der Waals surface area contributed by atoms with Crippen molar-refractivity contribution in [2.75, 3.05) is 22.4 Å². The summed E-state index contributed by atoms with van der Waals surface area (Å²) in [5, 5.41) is 5.24. The molecule has 0 aliphatic carbocycles. The number of carbonyl (C=O) groups excluding carboxylic acids is 1. The Hall–Kier alpha value is -2.77. The van der Waals surface area contributed by atoms with Crippen molar-refractivity contribution in [3.05, 3.63) is 65.7 Å². The summed E-state index contributed by atoms with van der Waals surface area (Å²) in [6, 6.07) is 18.0. The Balaban J connectivity index is 1.61. The Labute approximate surface area is 167 Å². The molecular weight excluding hydrogens is 400 g/mol. The van der Waals surface area contributed by atoms with Gasteiger partial charge in [-0.25, -0.2) is 8.42 Å². The predicted molar refractivity (Wildman–Crippen MR) is 111 cm³/mol. The van der Waals surface area contributed by atoms with Gasteiger partial charge in [-0.05, 0) is 41.1 Å². The molecule has 144 valence electrons. The molecule has 1 amide bonds. The van der Waals surface area contributed by atoms with E-state index in [9.17, 15) is 13.2 Å². The molecule has 1 aliphatic rings. The van der Waals surface area contributed by atoms with Gasteiger partial charge in [-0.15, -0.1) is 0 Å². The van der Waals surface area contributed by atoms with Gasteiger partial charge < -0.3 is 10.1 Å². The van der Waals surface area contributed by atoms with Gasteiger partial charge in [-0.3, -0.25) is 9.10 Å². The second-order valence-electron chi connectivity index (χ2n) is 6.56. The van der Waals surface area contributed by atoms with Crippen LogP contribution in [0.5, 0.6) is 5.75 Å². The normalized spacial score (nSPS) is 16.4. The van der Waals surface area contributed by atoms with Gasteiger partial charge in [0.2, 0.25) is 10.0 Å². The summed E-state index contributed by atoms with van der Waals surface area (Å²) in [6.45, 7) is -0.133. The van der Waals surface area contributed by atoms with Gasteiger partial charge in [0, 0.05) is 10.7 Å². The Morgan fingerprint density at radius 1 is 1.11 bits per heavy atom. The quantitative estimate of drug-likeness (QED) is 0.707. The molecule has 0 radical (unpaired) electrons. The van der Waals surface area contributed by atoms with E-state index in [1.165, 1.54) is 6.07 Å². The molecule has 0 fully saturated rings. The van der Waals surface area contributed by atoms with Crippen LogP contribution in [0, 0.1) is 0 Å². The number of nitrogens with one attached hydrogen (secondary N) is 1. The second-order valence-corrected chi connectivity index (χ2v) is 8.91. The van der Waals surface area contributed by atoms with Crippen LogP contribution in [0.2, 0.25) is 5.02 Å². The monoisotopic (exact) mass is 416 g/mol. The lowest BCUT2D eigenvalue weighted by molar-refractivity contribution is -0.122. The number of halogens is 1. The van der Waals surface area contributed by atoms with Crippen molar-refractivity contribution < 1.29 is 17.9 Å². The molecule has 28 heavy (non-hydrogen) atoms. The van der Waals surface area contributed by atoms with Crippen molar-refractivity contribution in [3.8, 4) is 5.75 Å². The average Bonchev–Trinajstić information content (AvgIpc) is 2.66. The summed E-state index contributed by atoms with van der Waals surface area (Å²) >= 11 is 5.99. The maximum absolute atomic E-state index is 12.8. The zero-order valence-electron chi connectivity index (χ0n) is 14.9. The molecule has 1 N–H and O–H groups in total. The topological polar surface area (TPSA) is 75.7 Å². The number of ether oxygens (including phenoxy) is 1. The maximum Gasteiger partial charge on any atom is 0.267 e. The third-order valence-electron chi connectivity index (χ3n) is 4.50. The summed E-state index contributed by atoms with van der Waals surface area (Å²) in [5.74, 6) is -0.135. The first-order chi connectivity index (χ1) is 13.3. The minimum absolute atomic E-state index is 0.133. The van der Waals surface area contributed by atoms with Gasteiger partial charge in [-0.2, -0.15) is 0 Å². The van der Waals surface area contributed by atoms with Crippen molar-refractivity contribution in [2.45, 2.75) is 6.10 Å². The molecular formula is C20H17ClN2O4S. The first kappa shape index (κ1) is 18.6. The third kappa shape index (κ3) is 3.63. The molecule has 3 aromatic rings. The van der Waals surface area contributed by atoms with Gasteiger partial charge in [0.05, 0.1) is 18.5 Å². The van der Waals surface area contributed by atoms with E-state index in [4.69, 9.17) is 16.3 Å². The molecule has 8 heteroatoms. The van der Waals surface area contributed by atoms with Crippen LogP contribution in [0.25, 0.3) is 10.8 Å². The molecule has 1 atom stereocenters. The van der Waals surface area contributed by atoms with Crippen LogP contribution in [0.4, 0.5) is 11.4 Å². The van der Waals surface area contributed by atoms with E-state index in [0.717, 1.165) is 21.3 Å². The fourth-order valence-corrected chi connectivity index (χ4v) is 4.24. The van der Waals surface area contributed by atoms with Gasteiger partial charge >= 0.3 is 0 Å². The Morgan fingerprint density at radius 3 is 2.61 bits per heavy atom. The highest BCUT2D eigenvalue weighted by Crippen LogP contribution is 2.37. The summed E-state index contributed by atoms with van der Waals surface area (Å²) in [5.41, 5.74) is 0.935. The van der Waals surface area contributed by atoms with E-state index in [1.54, 1.807) is 18.2 Å². The van der Waals surface area contributed by atoms with Crippen molar-refractivity contribution in [1.82, 2.24) is 0 Å². The molecule has 0 aromatic heterocycles. The van der Waals surface area contributed by atoms with Gasteiger partial charge in [-0.1, -0.05) is 41.9 Å². The number of amides is 1. The van der Waals surface area contributed by atoms with Crippen LogP contribution in [-0.4, -0.2) is 33.2 Å². The number of hydrogen-bond donors (Lipinski definition) is 1. The highest BCUT2D eigenvalue weighted by Gasteiger charge is 2.35. The molecule has 1 unspecified atom stereocenters. The van der Waals surface area contributed by atoms with E-state index in [1.807, 2.05) is 36.4 Å². The van der Waals surface area contributed by atoms with Gasteiger partial charge in [0.1, 0.15) is 5.75 Å². The van der Waals surface area contributed by atoms with Crippen LogP contribution < -0.4 is 14.4 Å². The number of anilines is 2. The highest BCUT2D eigenvalue weighted by atomic mass is 35.5. The summed E-state index contributed by atoms with van der Waals surface area (Å²) in [7, 11) is -3.61. The van der Waals surface area contributed by atoms with Crippen LogP contribution in [-0.2, 0) is 14.8 Å². The fraction of sp³-hybridized carbons (Fsp3) is 0.150. The van der Waals surface area contributed by atoms with Crippen molar-refractivity contribution in [3.63, 3.8) is 0 Å². The predicted octanol–water partition coefficient (Wildman–Crippen LogP) is 3.66. The standard InChI is InChI=1S/C20H17ClN2O4S/c1-28(25,26)23-12-19(27-18-9-7-15(21)11-17(18)23)20(24)22-16-8-6-13-4-2-3-5-14(13)10-16/h2-11,19H,12H2,1H3,(H,22,24). The minimum atomic E-state index is -3.61. The van der Waals surface area contributed by atoms with Gasteiger partial charge in [0.25, 0.3) is 5.91 Å². The first-order valence-corrected chi connectivity index (χ1v) is 10.8. The van der Waals surface area contributed by atoms with Crippen molar-refractivity contribution in [1.29, 1.82) is 0 Å².